The second-order valence-electron chi connectivity index (χ2n) is 10.8. The van der Waals surface area contributed by atoms with Gasteiger partial charge in [-0.1, -0.05) is 19.3 Å². The van der Waals surface area contributed by atoms with Crippen LogP contribution in [0.5, 0.6) is 0 Å². The van der Waals surface area contributed by atoms with E-state index in [-0.39, 0.29) is 5.91 Å². The summed E-state index contributed by atoms with van der Waals surface area (Å²) in [6.45, 7) is 4.65. The highest BCUT2D eigenvalue weighted by Gasteiger charge is 2.42. The third-order valence-electron chi connectivity index (χ3n) is 8.89. The maximum absolute atomic E-state index is 12.7. The van der Waals surface area contributed by atoms with Crippen LogP contribution < -0.4 is 0 Å². The topological polar surface area (TPSA) is 42.0 Å². The minimum Gasteiger partial charge on any atom is -0.381 e. The number of amides is 1. The molecule has 3 aliphatic carbocycles. The molecule has 5 rings (SSSR count). The van der Waals surface area contributed by atoms with Gasteiger partial charge in [0.2, 0.25) is 5.91 Å². The van der Waals surface area contributed by atoms with Crippen molar-refractivity contribution >= 4 is 5.91 Å². The van der Waals surface area contributed by atoms with Crippen molar-refractivity contribution in [3.8, 4) is 0 Å². The van der Waals surface area contributed by atoms with Gasteiger partial charge in [-0.25, -0.2) is 0 Å². The molecule has 170 valence electrons. The zero-order valence-electron chi connectivity index (χ0n) is 18.8. The predicted octanol–water partition coefficient (Wildman–Crippen LogP) is 4.00. The van der Waals surface area contributed by atoms with Crippen LogP contribution in [0.25, 0.3) is 0 Å². The average molecular weight is 419 g/mol. The molecule has 0 unspecified atom stereocenters. The summed E-state index contributed by atoms with van der Waals surface area (Å²) in [4.78, 5) is 17.7. The van der Waals surface area contributed by atoms with Gasteiger partial charge in [0.15, 0.2) is 0 Å². The minimum atomic E-state index is 0.249. The predicted molar refractivity (Wildman–Crippen MR) is 117 cm³/mol. The highest BCUT2D eigenvalue weighted by atomic mass is 16.5. The molecule has 2 atom stereocenters. The SMILES string of the molecule is O=C1CO[C@H]2CCCC[C@@H]2N1C1CCN(C2CCC(COCC3CCC3)CC2)CC1. The van der Waals surface area contributed by atoms with E-state index in [4.69, 9.17) is 9.47 Å². The quantitative estimate of drug-likeness (QED) is 0.654. The first kappa shape index (κ1) is 21.2. The number of hydrogen-bond acceptors (Lipinski definition) is 4. The standard InChI is InChI=1S/C25H42N2O3/c28-25-18-30-24-7-2-1-6-23(24)27(25)22-12-14-26(15-13-22)21-10-8-20(9-11-21)17-29-16-19-4-3-5-19/h19-24H,1-18H2/t20?,21?,23-,24-/m0/s1. The van der Waals surface area contributed by atoms with E-state index in [0.29, 0.717) is 24.8 Å². The van der Waals surface area contributed by atoms with Crippen molar-refractivity contribution in [2.45, 2.75) is 108 Å². The first-order valence-corrected chi connectivity index (χ1v) is 13.0. The van der Waals surface area contributed by atoms with Gasteiger partial charge in [0, 0.05) is 38.4 Å². The van der Waals surface area contributed by atoms with Gasteiger partial charge in [0.1, 0.15) is 6.61 Å². The molecule has 5 heteroatoms. The van der Waals surface area contributed by atoms with E-state index in [1.165, 1.54) is 70.9 Å². The van der Waals surface area contributed by atoms with Crippen molar-refractivity contribution in [2.75, 3.05) is 32.9 Å². The lowest BCUT2D eigenvalue weighted by Crippen LogP contribution is -2.61. The van der Waals surface area contributed by atoms with Gasteiger partial charge in [-0.05, 0) is 76.0 Å². The van der Waals surface area contributed by atoms with Crippen LogP contribution in [0.3, 0.4) is 0 Å². The normalized spacial score (nSPS) is 37.1. The Hall–Kier alpha value is -0.650. The maximum atomic E-state index is 12.7. The second-order valence-corrected chi connectivity index (χ2v) is 10.8. The van der Waals surface area contributed by atoms with E-state index in [9.17, 15) is 4.79 Å². The molecule has 30 heavy (non-hydrogen) atoms. The van der Waals surface area contributed by atoms with Crippen molar-refractivity contribution in [2.24, 2.45) is 11.8 Å². The molecular weight excluding hydrogens is 376 g/mol. The highest BCUT2D eigenvalue weighted by molar-refractivity contribution is 5.79. The molecule has 0 bridgehead atoms. The first-order valence-electron chi connectivity index (χ1n) is 13.0. The Balaban J connectivity index is 1.05. The number of carbonyl (C=O) groups is 1. The van der Waals surface area contributed by atoms with E-state index in [1.54, 1.807) is 0 Å². The lowest BCUT2D eigenvalue weighted by Gasteiger charge is -2.50. The summed E-state index contributed by atoms with van der Waals surface area (Å²) >= 11 is 0. The summed E-state index contributed by atoms with van der Waals surface area (Å²) in [7, 11) is 0. The molecule has 5 aliphatic rings. The number of likely N-dealkylation sites (tertiary alicyclic amines) is 1. The number of fused-ring (bicyclic) bond motifs is 1. The highest BCUT2D eigenvalue weighted by Crippen LogP contribution is 2.35. The van der Waals surface area contributed by atoms with Gasteiger partial charge >= 0.3 is 0 Å². The van der Waals surface area contributed by atoms with Crippen molar-refractivity contribution in [3.63, 3.8) is 0 Å². The number of ether oxygens (including phenoxy) is 2. The van der Waals surface area contributed by atoms with Gasteiger partial charge in [0.25, 0.3) is 0 Å². The lowest BCUT2D eigenvalue weighted by atomic mass is 9.84. The van der Waals surface area contributed by atoms with Crippen LogP contribution in [0.4, 0.5) is 0 Å². The van der Waals surface area contributed by atoms with Crippen LogP contribution in [-0.4, -0.2) is 72.8 Å². The van der Waals surface area contributed by atoms with Crippen LogP contribution in [0.1, 0.15) is 83.5 Å². The van der Waals surface area contributed by atoms with E-state index >= 15 is 0 Å². The number of morpholine rings is 1. The van der Waals surface area contributed by atoms with Crippen LogP contribution in [0.2, 0.25) is 0 Å². The molecule has 1 amide bonds. The van der Waals surface area contributed by atoms with Crippen LogP contribution in [0.15, 0.2) is 0 Å². The monoisotopic (exact) mass is 418 g/mol. The molecule has 5 fully saturated rings. The maximum Gasteiger partial charge on any atom is 0.249 e. The summed E-state index contributed by atoms with van der Waals surface area (Å²) in [5.74, 6) is 1.90. The van der Waals surface area contributed by atoms with Gasteiger partial charge < -0.3 is 19.3 Å². The Morgan fingerprint density at radius 1 is 0.767 bits per heavy atom. The Labute approximate surface area is 182 Å². The van der Waals surface area contributed by atoms with E-state index in [0.717, 1.165) is 56.8 Å². The van der Waals surface area contributed by atoms with Gasteiger partial charge in [0.05, 0.1) is 12.1 Å². The van der Waals surface area contributed by atoms with Crippen molar-refractivity contribution in [1.82, 2.24) is 9.80 Å². The number of rotatable bonds is 6. The van der Waals surface area contributed by atoms with E-state index in [2.05, 4.69) is 9.80 Å². The zero-order valence-corrected chi connectivity index (χ0v) is 18.8. The molecule has 2 aliphatic heterocycles. The molecule has 0 aromatic carbocycles. The first-order chi connectivity index (χ1) is 14.8. The molecule has 0 N–H and O–H groups in total. The van der Waals surface area contributed by atoms with Gasteiger partial charge in [-0.15, -0.1) is 0 Å². The smallest absolute Gasteiger partial charge is 0.249 e. The molecule has 0 aromatic rings. The van der Waals surface area contributed by atoms with Crippen LogP contribution in [-0.2, 0) is 14.3 Å². The van der Waals surface area contributed by atoms with Crippen molar-refractivity contribution < 1.29 is 14.3 Å². The van der Waals surface area contributed by atoms with Crippen LogP contribution >= 0.6 is 0 Å². The summed E-state index contributed by atoms with van der Waals surface area (Å²) < 4.78 is 11.9. The van der Waals surface area contributed by atoms with E-state index in [1.807, 2.05) is 0 Å². The Morgan fingerprint density at radius 3 is 2.17 bits per heavy atom. The largest absolute Gasteiger partial charge is 0.381 e. The summed E-state index contributed by atoms with van der Waals surface area (Å²) in [5.41, 5.74) is 0. The Bertz CT molecular complexity index is 565. The average Bonchev–Trinajstić information content (AvgIpc) is 2.76. The third kappa shape index (κ3) is 4.73. The number of piperidine rings is 1. The van der Waals surface area contributed by atoms with Gasteiger partial charge in [-0.3, -0.25) is 4.79 Å². The fourth-order valence-electron chi connectivity index (χ4n) is 6.77. The van der Waals surface area contributed by atoms with E-state index < -0.39 is 0 Å². The second kappa shape index (κ2) is 9.87. The molecule has 0 aromatic heterocycles. The zero-order chi connectivity index (χ0) is 20.3. The number of carbonyl (C=O) groups excluding carboxylic acids is 1. The lowest BCUT2D eigenvalue weighted by molar-refractivity contribution is -0.167. The minimum absolute atomic E-state index is 0.249. The van der Waals surface area contributed by atoms with Crippen molar-refractivity contribution in [3.05, 3.63) is 0 Å². The molecule has 2 heterocycles. The van der Waals surface area contributed by atoms with Gasteiger partial charge in [-0.2, -0.15) is 0 Å². The summed E-state index contributed by atoms with van der Waals surface area (Å²) in [6.07, 6.45) is 16.9. The van der Waals surface area contributed by atoms with Crippen LogP contribution in [0, 0.1) is 11.8 Å². The fourth-order valence-corrected chi connectivity index (χ4v) is 6.77. The number of hydrogen-bond donors (Lipinski definition) is 0. The Kier molecular flexibility index (Phi) is 6.98. The molecular formula is C25H42N2O3. The van der Waals surface area contributed by atoms with Crippen molar-refractivity contribution in [1.29, 1.82) is 0 Å². The molecule has 0 radical (unpaired) electrons. The fraction of sp³-hybridized carbons (Fsp3) is 0.960. The molecule has 2 saturated heterocycles. The molecule has 0 spiro atoms. The Morgan fingerprint density at radius 2 is 1.47 bits per heavy atom. The summed E-state index contributed by atoms with van der Waals surface area (Å²) in [6, 6.07) is 1.56. The summed E-state index contributed by atoms with van der Waals surface area (Å²) in [5, 5.41) is 0. The third-order valence-corrected chi connectivity index (χ3v) is 8.89. The molecule has 5 nitrogen and oxygen atoms in total. The molecule has 3 saturated carbocycles. The number of nitrogens with zero attached hydrogens (tertiary/aromatic N) is 2.